The number of benzene rings is 1. The van der Waals surface area contributed by atoms with Crippen molar-refractivity contribution in [1.82, 2.24) is 5.32 Å². The zero-order valence-corrected chi connectivity index (χ0v) is 12.0. The quantitative estimate of drug-likeness (QED) is 0.875. The molecule has 19 heavy (non-hydrogen) atoms. The summed E-state index contributed by atoms with van der Waals surface area (Å²) in [6.07, 6.45) is 4.54. The topological polar surface area (TPSA) is 49.3 Å². The molecule has 1 saturated carbocycles. The van der Waals surface area contributed by atoms with Crippen molar-refractivity contribution in [3.8, 4) is 0 Å². The fourth-order valence-electron chi connectivity index (χ4n) is 3.01. The van der Waals surface area contributed by atoms with Gasteiger partial charge in [0.15, 0.2) is 0 Å². The van der Waals surface area contributed by atoms with Crippen LogP contribution in [0.3, 0.4) is 0 Å². The van der Waals surface area contributed by atoms with E-state index in [1.807, 2.05) is 26.0 Å². The van der Waals surface area contributed by atoms with E-state index in [1.54, 1.807) is 6.92 Å². The zero-order valence-electron chi connectivity index (χ0n) is 12.0. The van der Waals surface area contributed by atoms with Crippen molar-refractivity contribution in [3.63, 3.8) is 0 Å². The number of carbonyl (C=O) groups is 1. The fraction of sp³-hybridized carbons (Fsp3) is 0.562. The van der Waals surface area contributed by atoms with Crippen LogP contribution in [0.1, 0.15) is 49.3 Å². The highest BCUT2D eigenvalue weighted by Crippen LogP contribution is 2.28. The number of carboxylic acids is 1. The molecule has 1 aliphatic rings. The Morgan fingerprint density at radius 3 is 2.21 bits per heavy atom. The Labute approximate surface area is 115 Å². The lowest BCUT2D eigenvalue weighted by molar-refractivity contribution is -0.145. The second-order valence-electron chi connectivity index (χ2n) is 5.93. The van der Waals surface area contributed by atoms with E-state index in [4.69, 9.17) is 0 Å². The Bertz CT molecular complexity index is 457. The third-order valence-corrected chi connectivity index (χ3v) is 4.07. The van der Waals surface area contributed by atoms with Crippen LogP contribution in [0.5, 0.6) is 0 Å². The molecule has 0 spiro atoms. The molecule has 0 saturated heterocycles. The van der Waals surface area contributed by atoms with E-state index < -0.39 is 11.5 Å². The van der Waals surface area contributed by atoms with Crippen molar-refractivity contribution >= 4 is 5.97 Å². The normalized spacial score (nSPS) is 19.3. The predicted octanol–water partition coefficient (Wildman–Crippen LogP) is 3.14. The third-order valence-electron chi connectivity index (χ3n) is 4.07. The summed E-state index contributed by atoms with van der Waals surface area (Å²) in [5.74, 6) is -0.801. The first-order valence-electron chi connectivity index (χ1n) is 7.01. The van der Waals surface area contributed by atoms with Gasteiger partial charge >= 0.3 is 5.97 Å². The molecule has 3 heteroatoms. The summed E-state index contributed by atoms with van der Waals surface area (Å²) < 4.78 is 0. The molecule has 0 heterocycles. The Morgan fingerprint density at radius 1 is 1.21 bits per heavy atom. The van der Waals surface area contributed by atoms with E-state index in [2.05, 4.69) is 11.4 Å². The molecule has 0 bridgehead atoms. The first kappa shape index (κ1) is 14.1. The van der Waals surface area contributed by atoms with Crippen LogP contribution in [0.15, 0.2) is 18.2 Å². The summed E-state index contributed by atoms with van der Waals surface area (Å²) in [6, 6.07) is 6.34. The highest BCUT2D eigenvalue weighted by Gasteiger charge is 2.37. The molecule has 1 aromatic rings. The number of hydrogen-bond acceptors (Lipinski definition) is 2. The van der Waals surface area contributed by atoms with Crippen molar-refractivity contribution in [2.24, 2.45) is 0 Å². The lowest BCUT2D eigenvalue weighted by Crippen LogP contribution is -2.50. The minimum atomic E-state index is -0.994. The molecular formula is C16H23NO2. The van der Waals surface area contributed by atoms with Crippen LogP contribution < -0.4 is 5.32 Å². The molecule has 104 valence electrons. The van der Waals surface area contributed by atoms with Crippen LogP contribution in [0.4, 0.5) is 0 Å². The van der Waals surface area contributed by atoms with E-state index in [0.29, 0.717) is 6.04 Å². The average molecular weight is 261 g/mol. The van der Waals surface area contributed by atoms with Crippen molar-refractivity contribution in [2.75, 3.05) is 0 Å². The monoisotopic (exact) mass is 261 g/mol. The summed E-state index contributed by atoms with van der Waals surface area (Å²) in [4.78, 5) is 11.8. The summed E-state index contributed by atoms with van der Waals surface area (Å²) in [5.41, 5.74) is 2.07. The Hall–Kier alpha value is -1.35. The maximum absolute atomic E-state index is 11.8. The maximum atomic E-state index is 11.8. The van der Waals surface area contributed by atoms with Gasteiger partial charge in [0.05, 0.1) is 0 Å². The van der Waals surface area contributed by atoms with E-state index >= 15 is 0 Å². The molecule has 0 amide bonds. The van der Waals surface area contributed by atoms with Crippen LogP contribution in [-0.2, 0) is 10.3 Å². The van der Waals surface area contributed by atoms with Crippen molar-refractivity contribution in [1.29, 1.82) is 0 Å². The highest BCUT2D eigenvalue weighted by atomic mass is 16.4. The first-order chi connectivity index (χ1) is 8.91. The molecule has 0 aliphatic heterocycles. The predicted molar refractivity (Wildman–Crippen MR) is 76.3 cm³/mol. The van der Waals surface area contributed by atoms with Gasteiger partial charge in [-0.25, -0.2) is 4.79 Å². The van der Waals surface area contributed by atoms with Gasteiger partial charge in [0.2, 0.25) is 0 Å². The van der Waals surface area contributed by atoms with Gasteiger partial charge in [0.25, 0.3) is 0 Å². The number of hydrogen-bond donors (Lipinski definition) is 2. The van der Waals surface area contributed by atoms with E-state index in [0.717, 1.165) is 29.5 Å². The van der Waals surface area contributed by atoms with Crippen molar-refractivity contribution in [2.45, 2.75) is 58.0 Å². The summed E-state index contributed by atoms with van der Waals surface area (Å²) in [6.45, 7) is 5.80. The minimum absolute atomic E-state index is 0.321. The molecule has 1 aromatic carbocycles. The second kappa shape index (κ2) is 5.33. The number of aliphatic carboxylic acids is 1. The largest absolute Gasteiger partial charge is 0.480 e. The van der Waals surface area contributed by atoms with Gasteiger partial charge in [-0.1, -0.05) is 42.2 Å². The lowest BCUT2D eigenvalue weighted by Gasteiger charge is -2.31. The summed E-state index contributed by atoms with van der Waals surface area (Å²) in [5, 5.41) is 13.0. The standard InChI is InChI=1S/C16H23NO2/c1-11-8-12(2)10-13(9-11)16(3,15(18)19)17-14-6-4-5-7-14/h8-10,14,17H,4-7H2,1-3H3,(H,18,19). The second-order valence-corrected chi connectivity index (χ2v) is 5.93. The number of rotatable bonds is 4. The van der Waals surface area contributed by atoms with Crippen LogP contribution >= 0.6 is 0 Å². The smallest absolute Gasteiger partial charge is 0.328 e. The van der Waals surface area contributed by atoms with Crippen LogP contribution in [0, 0.1) is 13.8 Å². The Morgan fingerprint density at radius 2 is 1.74 bits per heavy atom. The fourth-order valence-corrected chi connectivity index (χ4v) is 3.01. The number of nitrogens with one attached hydrogen (secondary N) is 1. The van der Waals surface area contributed by atoms with Gasteiger partial charge in [-0.05, 0) is 39.2 Å². The molecule has 1 unspecified atom stereocenters. The summed E-state index contributed by atoms with van der Waals surface area (Å²) in [7, 11) is 0. The molecule has 1 fully saturated rings. The van der Waals surface area contributed by atoms with Crippen molar-refractivity contribution in [3.05, 3.63) is 34.9 Å². The van der Waals surface area contributed by atoms with Gasteiger partial charge in [0.1, 0.15) is 5.54 Å². The molecular weight excluding hydrogens is 238 g/mol. The molecule has 0 radical (unpaired) electrons. The van der Waals surface area contributed by atoms with E-state index in [-0.39, 0.29) is 0 Å². The molecule has 2 N–H and O–H groups in total. The molecule has 1 atom stereocenters. The van der Waals surface area contributed by atoms with Gasteiger partial charge in [-0.2, -0.15) is 0 Å². The molecule has 2 rings (SSSR count). The number of aryl methyl sites for hydroxylation is 2. The van der Waals surface area contributed by atoms with Crippen molar-refractivity contribution < 1.29 is 9.90 Å². The average Bonchev–Trinajstić information content (AvgIpc) is 2.79. The van der Waals surface area contributed by atoms with E-state index in [1.165, 1.54) is 12.8 Å². The molecule has 0 aromatic heterocycles. The van der Waals surface area contributed by atoms with Gasteiger partial charge in [-0.15, -0.1) is 0 Å². The van der Waals surface area contributed by atoms with Gasteiger partial charge in [-0.3, -0.25) is 5.32 Å². The summed E-state index contributed by atoms with van der Waals surface area (Å²) >= 11 is 0. The van der Waals surface area contributed by atoms with Gasteiger partial charge in [0, 0.05) is 6.04 Å². The SMILES string of the molecule is Cc1cc(C)cc(C(C)(NC2CCCC2)C(=O)O)c1. The Balaban J connectivity index is 2.34. The van der Waals surface area contributed by atoms with Crippen LogP contribution in [-0.4, -0.2) is 17.1 Å². The third kappa shape index (κ3) is 2.98. The number of carboxylic acid groups (broad SMARTS) is 1. The zero-order chi connectivity index (χ0) is 14.0. The molecule has 1 aliphatic carbocycles. The Kier molecular flexibility index (Phi) is 3.95. The first-order valence-corrected chi connectivity index (χ1v) is 7.01. The molecule has 3 nitrogen and oxygen atoms in total. The lowest BCUT2D eigenvalue weighted by atomic mass is 9.88. The van der Waals surface area contributed by atoms with Crippen LogP contribution in [0.25, 0.3) is 0 Å². The maximum Gasteiger partial charge on any atom is 0.328 e. The highest BCUT2D eigenvalue weighted by molar-refractivity contribution is 5.80. The minimum Gasteiger partial charge on any atom is -0.480 e. The van der Waals surface area contributed by atoms with Gasteiger partial charge < -0.3 is 5.11 Å². The van der Waals surface area contributed by atoms with E-state index in [9.17, 15) is 9.90 Å². The van der Waals surface area contributed by atoms with Crippen LogP contribution in [0.2, 0.25) is 0 Å².